The molecule has 0 spiro atoms. The molecule has 2 aromatic carbocycles. The lowest BCUT2D eigenvalue weighted by Gasteiger charge is -2.42. The maximum Gasteiger partial charge on any atom is 0.326 e. The molecule has 4 heterocycles. The lowest BCUT2D eigenvalue weighted by molar-refractivity contribution is -0.135. The lowest BCUT2D eigenvalue weighted by Crippen LogP contribution is -2.57. The van der Waals surface area contributed by atoms with Crippen molar-refractivity contribution in [3.63, 3.8) is 0 Å². The number of nitrogens with two attached hydrogens (primary N) is 2. The number of aromatic amines is 1. The summed E-state index contributed by atoms with van der Waals surface area (Å²) >= 11 is 14.0. The molecule has 0 unspecified atom stereocenters. The van der Waals surface area contributed by atoms with E-state index in [0.717, 1.165) is 68.0 Å². The summed E-state index contributed by atoms with van der Waals surface area (Å²) in [5, 5.41) is 3.10. The largest absolute Gasteiger partial charge is 0.397 e. The van der Waals surface area contributed by atoms with Crippen LogP contribution in [0.25, 0.3) is 11.3 Å². The second-order valence-corrected chi connectivity index (χ2v) is 16.9. The molecular formula is C34H43Br4N9O3. The number of piperidine rings is 2. The van der Waals surface area contributed by atoms with Gasteiger partial charge in [0.25, 0.3) is 0 Å². The second kappa shape index (κ2) is 16.1. The number of halogens is 4. The van der Waals surface area contributed by atoms with E-state index < -0.39 is 6.04 Å². The number of nitrogen functional groups attached to an aromatic ring is 2. The molecule has 12 nitrogen and oxygen atoms in total. The number of carbonyl (C=O) groups is 2. The number of anilines is 2. The van der Waals surface area contributed by atoms with Crippen molar-refractivity contribution in [1.82, 2.24) is 34.5 Å². The number of nitrogens with one attached hydrogen (secondary N) is 2. The van der Waals surface area contributed by atoms with Crippen molar-refractivity contribution in [2.24, 2.45) is 0 Å². The first-order valence-corrected chi connectivity index (χ1v) is 20.1. The fraction of sp³-hybridized carbons (Fsp3) is 0.500. The van der Waals surface area contributed by atoms with E-state index in [4.69, 9.17) is 11.5 Å². The van der Waals surface area contributed by atoms with Crippen molar-refractivity contribution < 1.29 is 9.59 Å². The zero-order valence-corrected chi connectivity index (χ0v) is 34.3. The van der Waals surface area contributed by atoms with Gasteiger partial charge in [-0.3, -0.25) is 14.3 Å². The molecule has 0 saturated carbocycles. The molecule has 3 amide bonds. The quantitative estimate of drug-likeness (QED) is 0.237. The maximum atomic E-state index is 14.1. The van der Waals surface area contributed by atoms with Gasteiger partial charge in [0.1, 0.15) is 6.04 Å². The Balaban J connectivity index is 1.11. The lowest BCUT2D eigenvalue weighted by atomic mass is 9.99. The first-order chi connectivity index (χ1) is 23.9. The molecular weight excluding hydrogens is 902 g/mol. The van der Waals surface area contributed by atoms with E-state index in [1.54, 1.807) is 9.47 Å². The average molecular weight is 945 g/mol. The zero-order valence-electron chi connectivity index (χ0n) is 27.9. The van der Waals surface area contributed by atoms with Crippen LogP contribution in [0.1, 0.15) is 37.3 Å². The molecule has 6 N–H and O–H groups in total. The van der Waals surface area contributed by atoms with E-state index in [2.05, 4.69) is 90.9 Å². The fourth-order valence-electron chi connectivity index (χ4n) is 7.20. The number of aromatic nitrogens is 2. The number of rotatable bonds is 7. The third kappa shape index (κ3) is 8.46. The Labute approximate surface area is 325 Å². The predicted octanol–water partition coefficient (Wildman–Crippen LogP) is 5.25. The first kappa shape index (κ1) is 37.4. The summed E-state index contributed by atoms with van der Waals surface area (Å²) < 4.78 is 4.65. The number of likely N-dealkylation sites (N-methyl/N-ethyl adjacent to an activating group) is 1. The van der Waals surface area contributed by atoms with Crippen LogP contribution in [0.5, 0.6) is 0 Å². The highest BCUT2D eigenvalue weighted by atomic mass is 79.9. The van der Waals surface area contributed by atoms with Crippen LogP contribution in [0.4, 0.5) is 16.2 Å². The summed E-state index contributed by atoms with van der Waals surface area (Å²) in [4.78, 5) is 52.4. The highest BCUT2D eigenvalue weighted by molar-refractivity contribution is 9.11. The van der Waals surface area contributed by atoms with Crippen LogP contribution in [0, 0.1) is 0 Å². The third-order valence-corrected chi connectivity index (χ3v) is 12.9. The van der Waals surface area contributed by atoms with Gasteiger partial charge in [0.05, 0.1) is 17.1 Å². The topological polar surface area (TPSA) is 149 Å². The first-order valence-electron chi connectivity index (χ1n) is 16.9. The highest BCUT2D eigenvalue weighted by Gasteiger charge is 2.34. The third-order valence-electron chi connectivity index (χ3n) is 10.3. The molecule has 3 saturated heterocycles. The van der Waals surface area contributed by atoms with Crippen LogP contribution < -0.4 is 22.5 Å². The van der Waals surface area contributed by atoms with Crippen LogP contribution in [-0.2, 0) is 11.2 Å². The molecule has 6 rings (SSSR count). The van der Waals surface area contributed by atoms with E-state index in [-0.39, 0.29) is 23.7 Å². The van der Waals surface area contributed by atoms with Crippen molar-refractivity contribution in [3.05, 3.63) is 64.4 Å². The number of H-pyrrole nitrogens is 1. The van der Waals surface area contributed by atoms with Gasteiger partial charge in [-0.15, -0.1) is 0 Å². The van der Waals surface area contributed by atoms with Gasteiger partial charge in [-0.1, -0.05) is 0 Å². The number of imidazole rings is 1. The number of piperazine rings is 1. The molecule has 3 fully saturated rings. The number of nitrogens with zero attached hydrogens (tertiary/aromatic N) is 5. The smallest absolute Gasteiger partial charge is 0.326 e. The molecule has 0 bridgehead atoms. The normalized spacial score (nSPS) is 19.1. The van der Waals surface area contributed by atoms with Crippen LogP contribution in [-0.4, -0.2) is 113 Å². The Morgan fingerprint density at radius 3 is 1.90 bits per heavy atom. The summed E-state index contributed by atoms with van der Waals surface area (Å²) in [5.74, 6) is -0.0681. The van der Waals surface area contributed by atoms with E-state index >= 15 is 0 Å². The Morgan fingerprint density at radius 2 is 1.32 bits per heavy atom. The fourth-order valence-corrected chi connectivity index (χ4v) is 9.67. The summed E-state index contributed by atoms with van der Waals surface area (Å²) in [6.45, 7) is 6.51. The van der Waals surface area contributed by atoms with Crippen molar-refractivity contribution in [1.29, 1.82) is 0 Å². The van der Waals surface area contributed by atoms with Crippen molar-refractivity contribution in [3.8, 4) is 11.3 Å². The monoisotopic (exact) mass is 941 g/mol. The molecule has 3 aliphatic rings. The Hall–Kier alpha value is -2.37. The Kier molecular flexibility index (Phi) is 12.0. The number of urea groups is 1. The molecule has 0 aliphatic carbocycles. The van der Waals surface area contributed by atoms with Crippen LogP contribution in [0.2, 0.25) is 0 Å². The summed E-state index contributed by atoms with van der Waals surface area (Å²) in [5.41, 5.74) is 15.6. The van der Waals surface area contributed by atoms with Crippen LogP contribution >= 0.6 is 63.7 Å². The van der Waals surface area contributed by atoms with Crippen molar-refractivity contribution >= 4 is 87.0 Å². The molecule has 3 aromatic rings. The Morgan fingerprint density at radius 1 is 0.800 bits per heavy atom. The number of amides is 3. The number of likely N-dealkylation sites (tertiary alicyclic amines) is 2. The molecule has 1 aromatic heterocycles. The zero-order chi connectivity index (χ0) is 35.7. The van der Waals surface area contributed by atoms with Gasteiger partial charge in [-0.25, -0.2) is 9.59 Å². The van der Waals surface area contributed by atoms with E-state index in [0.29, 0.717) is 68.6 Å². The molecule has 16 heteroatoms. The summed E-state index contributed by atoms with van der Waals surface area (Å²) in [6.07, 6.45) is 5.23. The minimum atomic E-state index is -0.740. The van der Waals surface area contributed by atoms with Crippen LogP contribution in [0.3, 0.4) is 0 Å². The number of hydrogen-bond donors (Lipinski definition) is 4. The molecule has 0 radical (unpaired) electrons. The van der Waals surface area contributed by atoms with Crippen molar-refractivity contribution in [2.45, 2.75) is 50.2 Å². The number of hydrogen-bond acceptors (Lipinski definition) is 7. The minimum absolute atomic E-state index is 0.0681. The standard InChI is InChI=1S/C34H43Br4N9O3/c1-43-10-12-44(13-11-43)22-2-6-45(7-3-22)32(48)28(16-20-14-24(35)30(39)25(36)15-20)41-33(49)46-8-4-23(5-9-46)47-19-29(42-34(47)50)21-17-26(37)31(40)27(38)18-21/h14-15,17-19,22-23,28H,2-13,16,39-40H2,1H3,(H,41,49)(H,42,50)/t28-/m0/s1. The minimum Gasteiger partial charge on any atom is -0.397 e. The summed E-state index contributed by atoms with van der Waals surface area (Å²) in [6, 6.07) is 6.95. The molecule has 50 heavy (non-hydrogen) atoms. The number of benzene rings is 2. The van der Waals surface area contributed by atoms with Gasteiger partial charge < -0.3 is 36.5 Å². The van der Waals surface area contributed by atoms with Gasteiger partial charge >= 0.3 is 11.7 Å². The second-order valence-electron chi connectivity index (χ2n) is 13.5. The van der Waals surface area contributed by atoms with E-state index in [9.17, 15) is 14.4 Å². The Bertz CT molecular complexity index is 1730. The van der Waals surface area contributed by atoms with E-state index in [1.165, 1.54) is 0 Å². The van der Waals surface area contributed by atoms with E-state index in [1.807, 2.05) is 35.4 Å². The maximum absolute atomic E-state index is 14.1. The SMILES string of the molecule is CN1CCN(C2CCN(C(=O)[C@H](Cc3cc(Br)c(N)c(Br)c3)NC(=O)N3CCC(n4cc(-c5cc(Br)c(N)c(Br)c5)[nH]c4=O)CC3)CC2)CC1. The highest BCUT2D eigenvalue weighted by Crippen LogP contribution is 2.34. The van der Waals surface area contributed by atoms with Gasteiger partial charge in [0.15, 0.2) is 0 Å². The molecule has 270 valence electrons. The van der Waals surface area contributed by atoms with Crippen molar-refractivity contribution in [2.75, 3.05) is 70.9 Å². The van der Waals surface area contributed by atoms with Gasteiger partial charge in [0, 0.05) is 101 Å². The predicted molar refractivity (Wildman–Crippen MR) is 211 cm³/mol. The van der Waals surface area contributed by atoms with Gasteiger partial charge in [0.2, 0.25) is 5.91 Å². The molecule has 1 atom stereocenters. The number of carbonyl (C=O) groups excluding carboxylic acids is 2. The average Bonchev–Trinajstić information content (AvgIpc) is 3.50. The molecule has 3 aliphatic heterocycles. The van der Waals surface area contributed by atoms with Crippen LogP contribution in [0.15, 0.2) is 53.1 Å². The van der Waals surface area contributed by atoms with Gasteiger partial charge in [-0.05, 0) is 126 Å². The summed E-state index contributed by atoms with van der Waals surface area (Å²) in [7, 11) is 2.16. The van der Waals surface area contributed by atoms with Gasteiger partial charge in [-0.2, -0.15) is 0 Å².